The maximum atomic E-state index is 13.9. The van der Waals surface area contributed by atoms with E-state index in [1.54, 1.807) is 24.3 Å². The first-order chi connectivity index (χ1) is 13.0. The van der Waals surface area contributed by atoms with E-state index in [0.29, 0.717) is 27.6 Å². The standard InChI is InChI=1S/C18H16ClFN4O3/c1-26-12-6-11(7-13(8-12)27-2)17(25)22-18-21-10-24(23-18)9-14-15(19)4-3-5-16(14)20/h3-8,10H,9H2,1-2H3,(H,22,23,25). The largest absolute Gasteiger partial charge is 0.497 e. The van der Waals surface area contributed by atoms with Crippen LogP contribution in [0.25, 0.3) is 0 Å². The van der Waals surface area contributed by atoms with Crippen molar-refractivity contribution in [1.29, 1.82) is 0 Å². The van der Waals surface area contributed by atoms with Crippen LogP contribution in [-0.2, 0) is 6.54 Å². The Bertz CT molecular complexity index is 934. The fourth-order valence-electron chi connectivity index (χ4n) is 2.39. The number of hydrogen-bond donors (Lipinski definition) is 1. The van der Waals surface area contributed by atoms with Crippen molar-refractivity contribution in [3.05, 3.63) is 64.7 Å². The Morgan fingerprint density at radius 2 is 1.93 bits per heavy atom. The van der Waals surface area contributed by atoms with Crippen LogP contribution in [0.2, 0.25) is 5.02 Å². The number of benzene rings is 2. The topological polar surface area (TPSA) is 78.3 Å². The van der Waals surface area contributed by atoms with Gasteiger partial charge in [-0.3, -0.25) is 10.1 Å². The Morgan fingerprint density at radius 1 is 1.22 bits per heavy atom. The van der Waals surface area contributed by atoms with E-state index in [-0.39, 0.29) is 12.5 Å². The summed E-state index contributed by atoms with van der Waals surface area (Å²) in [5.74, 6) is 0.162. The molecule has 0 bridgehead atoms. The Kier molecular flexibility index (Phi) is 5.56. The molecule has 2 aromatic carbocycles. The summed E-state index contributed by atoms with van der Waals surface area (Å²) in [5.41, 5.74) is 0.610. The van der Waals surface area contributed by atoms with Gasteiger partial charge in [-0.15, -0.1) is 5.10 Å². The van der Waals surface area contributed by atoms with Gasteiger partial charge in [0, 0.05) is 22.2 Å². The van der Waals surface area contributed by atoms with Crippen molar-refractivity contribution in [2.75, 3.05) is 19.5 Å². The quantitative estimate of drug-likeness (QED) is 0.698. The minimum absolute atomic E-state index is 0.0780. The Hall–Kier alpha value is -3.13. The average Bonchev–Trinajstić information content (AvgIpc) is 3.11. The van der Waals surface area contributed by atoms with Gasteiger partial charge in [0.1, 0.15) is 23.6 Å². The first kappa shape index (κ1) is 18.7. The molecule has 7 nitrogen and oxygen atoms in total. The number of carbonyl (C=O) groups is 1. The van der Waals surface area contributed by atoms with Crippen LogP contribution in [0.1, 0.15) is 15.9 Å². The lowest BCUT2D eigenvalue weighted by Crippen LogP contribution is -2.14. The van der Waals surface area contributed by atoms with Crippen molar-refractivity contribution in [3.63, 3.8) is 0 Å². The maximum Gasteiger partial charge on any atom is 0.258 e. The van der Waals surface area contributed by atoms with Gasteiger partial charge in [-0.2, -0.15) is 0 Å². The van der Waals surface area contributed by atoms with Crippen LogP contribution in [0.15, 0.2) is 42.7 Å². The Morgan fingerprint density at radius 3 is 2.56 bits per heavy atom. The molecule has 27 heavy (non-hydrogen) atoms. The third kappa shape index (κ3) is 4.35. The second-order valence-electron chi connectivity index (χ2n) is 5.52. The molecule has 0 aliphatic carbocycles. The van der Waals surface area contributed by atoms with Crippen LogP contribution in [0, 0.1) is 5.82 Å². The van der Waals surface area contributed by atoms with Crippen molar-refractivity contribution in [3.8, 4) is 11.5 Å². The fourth-order valence-corrected chi connectivity index (χ4v) is 2.61. The van der Waals surface area contributed by atoms with Crippen molar-refractivity contribution in [1.82, 2.24) is 14.8 Å². The van der Waals surface area contributed by atoms with Crippen LogP contribution in [-0.4, -0.2) is 34.9 Å². The van der Waals surface area contributed by atoms with E-state index in [9.17, 15) is 9.18 Å². The highest BCUT2D eigenvalue weighted by atomic mass is 35.5. The molecule has 140 valence electrons. The molecule has 0 saturated heterocycles. The number of methoxy groups -OCH3 is 2. The maximum absolute atomic E-state index is 13.9. The number of amides is 1. The third-order valence-electron chi connectivity index (χ3n) is 3.76. The highest BCUT2D eigenvalue weighted by Crippen LogP contribution is 2.23. The van der Waals surface area contributed by atoms with Crippen molar-refractivity contribution >= 4 is 23.5 Å². The number of rotatable bonds is 6. The zero-order valence-corrected chi connectivity index (χ0v) is 15.3. The highest BCUT2D eigenvalue weighted by molar-refractivity contribution is 6.31. The molecule has 0 fully saturated rings. The number of nitrogens with zero attached hydrogens (tertiary/aromatic N) is 3. The van der Waals surface area contributed by atoms with Gasteiger partial charge in [0.25, 0.3) is 5.91 Å². The molecule has 1 heterocycles. The minimum atomic E-state index is -0.438. The fraction of sp³-hybridized carbons (Fsp3) is 0.167. The summed E-state index contributed by atoms with van der Waals surface area (Å²) >= 11 is 6.01. The number of nitrogens with one attached hydrogen (secondary N) is 1. The van der Waals surface area contributed by atoms with E-state index < -0.39 is 11.7 Å². The van der Waals surface area contributed by atoms with Gasteiger partial charge in [-0.25, -0.2) is 14.1 Å². The number of hydrogen-bond acceptors (Lipinski definition) is 5. The van der Waals surface area contributed by atoms with E-state index in [1.165, 1.54) is 37.4 Å². The first-order valence-electron chi connectivity index (χ1n) is 7.87. The third-order valence-corrected chi connectivity index (χ3v) is 4.11. The molecule has 0 saturated carbocycles. The number of halogens is 2. The molecule has 1 amide bonds. The zero-order chi connectivity index (χ0) is 19.4. The van der Waals surface area contributed by atoms with Crippen LogP contribution in [0.3, 0.4) is 0 Å². The zero-order valence-electron chi connectivity index (χ0n) is 14.6. The van der Waals surface area contributed by atoms with Gasteiger partial charge in [-0.1, -0.05) is 17.7 Å². The molecule has 0 unspecified atom stereocenters. The molecule has 0 radical (unpaired) electrons. The molecule has 1 aromatic heterocycles. The van der Waals surface area contributed by atoms with Gasteiger partial charge in [0.2, 0.25) is 5.95 Å². The predicted molar refractivity (Wildman–Crippen MR) is 98.0 cm³/mol. The predicted octanol–water partition coefficient (Wildman–Crippen LogP) is 3.39. The summed E-state index contributed by atoms with van der Waals surface area (Å²) in [5, 5.41) is 6.99. The second-order valence-corrected chi connectivity index (χ2v) is 5.93. The van der Waals surface area contributed by atoms with Gasteiger partial charge in [0.15, 0.2) is 0 Å². The summed E-state index contributed by atoms with van der Waals surface area (Å²) in [6, 6.07) is 9.22. The van der Waals surface area contributed by atoms with Crippen LogP contribution in [0.4, 0.5) is 10.3 Å². The Balaban J connectivity index is 1.75. The summed E-state index contributed by atoms with van der Waals surface area (Å²) < 4.78 is 25.6. The van der Waals surface area contributed by atoms with Crippen molar-refractivity contribution in [2.24, 2.45) is 0 Å². The lowest BCUT2D eigenvalue weighted by molar-refractivity contribution is 0.102. The molecule has 3 rings (SSSR count). The molecular weight excluding hydrogens is 375 g/mol. The van der Waals surface area contributed by atoms with Crippen molar-refractivity contribution in [2.45, 2.75) is 6.54 Å². The SMILES string of the molecule is COc1cc(OC)cc(C(=O)Nc2ncn(Cc3c(F)cccc3Cl)n2)c1. The van der Waals surface area contributed by atoms with Gasteiger partial charge < -0.3 is 9.47 Å². The molecule has 0 atom stereocenters. The molecular formula is C18H16ClFN4O3. The van der Waals surface area contributed by atoms with E-state index in [0.717, 1.165) is 0 Å². The number of anilines is 1. The Labute approximate surface area is 159 Å². The first-order valence-corrected chi connectivity index (χ1v) is 8.24. The van der Waals surface area contributed by atoms with Crippen LogP contribution in [0.5, 0.6) is 11.5 Å². The molecule has 1 N–H and O–H groups in total. The average molecular weight is 391 g/mol. The minimum Gasteiger partial charge on any atom is -0.497 e. The lowest BCUT2D eigenvalue weighted by Gasteiger charge is -2.08. The summed E-state index contributed by atoms with van der Waals surface area (Å²) in [4.78, 5) is 16.4. The summed E-state index contributed by atoms with van der Waals surface area (Å²) in [6.07, 6.45) is 1.38. The van der Waals surface area contributed by atoms with Gasteiger partial charge >= 0.3 is 0 Å². The van der Waals surface area contributed by atoms with E-state index in [4.69, 9.17) is 21.1 Å². The number of ether oxygens (including phenoxy) is 2. The normalized spacial score (nSPS) is 10.5. The lowest BCUT2D eigenvalue weighted by atomic mass is 10.2. The van der Waals surface area contributed by atoms with Crippen LogP contribution >= 0.6 is 11.6 Å². The number of aromatic nitrogens is 3. The van der Waals surface area contributed by atoms with Gasteiger partial charge in [-0.05, 0) is 24.3 Å². The molecule has 9 heteroatoms. The van der Waals surface area contributed by atoms with E-state index >= 15 is 0 Å². The summed E-state index contributed by atoms with van der Waals surface area (Å²) in [7, 11) is 2.99. The monoisotopic (exact) mass is 390 g/mol. The molecule has 0 spiro atoms. The molecule has 0 aliphatic rings. The molecule has 3 aromatic rings. The van der Waals surface area contributed by atoms with E-state index in [1.807, 2.05) is 0 Å². The van der Waals surface area contributed by atoms with E-state index in [2.05, 4.69) is 15.4 Å². The number of carbonyl (C=O) groups excluding carboxylic acids is 1. The van der Waals surface area contributed by atoms with Crippen molar-refractivity contribution < 1.29 is 18.7 Å². The smallest absolute Gasteiger partial charge is 0.258 e. The highest BCUT2D eigenvalue weighted by Gasteiger charge is 2.14. The summed E-state index contributed by atoms with van der Waals surface area (Å²) in [6.45, 7) is 0.0847. The van der Waals surface area contributed by atoms with Gasteiger partial charge in [0.05, 0.1) is 20.8 Å². The molecule has 0 aliphatic heterocycles. The van der Waals surface area contributed by atoms with Crippen LogP contribution < -0.4 is 14.8 Å². The second kappa shape index (κ2) is 8.05.